The molecule has 1 aromatic rings. The molecule has 0 unspecified atom stereocenters. The van der Waals surface area contributed by atoms with Crippen LogP contribution in [0.25, 0.3) is 0 Å². The predicted molar refractivity (Wildman–Crippen MR) is 59.6 cm³/mol. The highest BCUT2D eigenvalue weighted by Crippen LogP contribution is 2.15. The highest BCUT2D eigenvalue weighted by Gasteiger charge is 2.06. The minimum Gasteiger partial charge on any atom is -0.373 e. The molecule has 1 aromatic heterocycles. The van der Waals surface area contributed by atoms with Crippen LogP contribution in [0.2, 0.25) is 0 Å². The van der Waals surface area contributed by atoms with Gasteiger partial charge in [0.05, 0.1) is 0 Å². The van der Waals surface area contributed by atoms with Gasteiger partial charge in [-0.3, -0.25) is 0 Å². The summed E-state index contributed by atoms with van der Waals surface area (Å²) >= 11 is 0. The molecule has 0 saturated heterocycles. The zero-order valence-corrected chi connectivity index (χ0v) is 8.91. The second kappa shape index (κ2) is 4.64. The topological polar surface area (TPSA) is 67.1 Å². The Labute approximate surface area is 84.3 Å². The van der Waals surface area contributed by atoms with E-state index in [4.69, 9.17) is 5.73 Å². The van der Waals surface area contributed by atoms with Crippen LogP contribution in [0.4, 0.5) is 17.6 Å². The Balaban J connectivity index is 3.01. The van der Waals surface area contributed by atoms with Crippen molar-refractivity contribution < 1.29 is 0 Å². The molecule has 0 aliphatic rings. The normalized spacial score (nSPS) is 9.93. The molecule has 1 rings (SSSR count). The van der Waals surface area contributed by atoms with Crippen molar-refractivity contribution in [3.05, 3.63) is 6.07 Å². The van der Waals surface area contributed by atoms with E-state index in [2.05, 4.69) is 34.0 Å². The third-order valence-electron chi connectivity index (χ3n) is 2.07. The second-order valence-electron chi connectivity index (χ2n) is 2.89. The summed E-state index contributed by atoms with van der Waals surface area (Å²) in [4.78, 5) is 10.3. The van der Waals surface area contributed by atoms with Crippen LogP contribution in [-0.4, -0.2) is 30.1 Å². The number of aromatic nitrogens is 2. The van der Waals surface area contributed by atoms with Gasteiger partial charge in [0, 0.05) is 26.2 Å². The molecule has 0 spiro atoms. The van der Waals surface area contributed by atoms with Crippen LogP contribution in [0.3, 0.4) is 0 Å². The molecule has 0 fully saturated rings. The van der Waals surface area contributed by atoms with Crippen LogP contribution in [0.15, 0.2) is 6.07 Å². The minimum atomic E-state index is 0.304. The van der Waals surface area contributed by atoms with E-state index in [1.807, 2.05) is 13.1 Å². The third kappa shape index (κ3) is 2.25. The zero-order chi connectivity index (χ0) is 10.6. The monoisotopic (exact) mass is 195 g/mol. The lowest BCUT2D eigenvalue weighted by Crippen LogP contribution is -2.23. The Kier molecular flexibility index (Phi) is 3.50. The van der Waals surface area contributed by atoms with Gasteiger partial charge in [0.1, 0.15) is 11.6 Å². The fourth-order valence-electron chi connectivity index (χ4n) is 1.29. The van der Waals surface area contributed by atoms with E-state index in [1.165, 1.54) is 0 Å². The van der Waals surface area contributed by atoms with Gasteiger partial charge in [0.2, 0.25) is 5.95 Å². The summed E-state index contributed by atoms with van der Waals surface area (Å²) in [7, 11) is 1.81. The van der Waals surface area contributed by atoms with Gasteiger partial charge in [-0.1, -0.05) is 0 Å². The molecule has 0 bridgehead atoms. The molecule has 0 radical (unpaired) electrons. The van der Waals surface area contributed by atoms with Crippen molar-refractivity contribution in [1.82, 2.24) is 9.97 Å². The smallest absolute Gasteiger partial charge is 0.223 e. The Hall–Kier alpha value is -1.52. The van der Waals surface area contributed by atoms with Crippen LogP contribution >= 0.6 is 0 Å². The number of nitrogens with zero attached hydrogens (tertiary/aromatic N) is 3. The highest BCUT2D eigenvalue weighted by molar-refractivity contribution is 5.52. The van der Waals surface area contributed by atoms with E-state index < -0.39 is 0 Å². The maximum absolute atomic E-state index is 5.59. The van der Waals surface area contributed by atoms with Crippen LogP contribution in [-0.2, 0) is 0 Å². The highest BCUT2D eigenvalue weighted by atomic mass is 15.2. The fourth-order valence-corrected chi connectivity index (χ4v) is 1.29. The summed E-state index contributed by atoms with van der Waals surface area (Å²) in [5.41, 5.74) is 5.59. The van der Waals surface area contributed by atoms with Gasteiger partial charge in [-0.05, 0) is 13.8 Å². The van der Waals surface area contributed by atoms with Crippen LogP contribution in [0, 0.1) is 0 Å². The van der Waals surface area contributed by atoms with Gasteiger partial charge >= 0.3 is 0 Å². The molecule has 3 N–H and O–H groups in total. The van der Waals surface area contributed by atoms with Gasteiger partial charge in [0.25, 0.3) is 0 Å². The van der Waals surface area contributed by atoms with Gasteiger partial charge in [-0.25, -0.2) is 0 Å². The van der Waals surface area contributed by atoms with E-state index >= 15 is 0 Å². The molecule has 0 atom stereocenters. The Morgan fingerprint density at radius 3 is 2.50 bits per heavy atom. The molecule has 0 aromatic carbocycles. The summed E-state index contributed by atoms with van der Waals surface area (Å²) < 4.78 is 0. The largest absolute Gasteiger partial charge is 0.373 e. The standard InChI is InChI=1S/C9H17N5/c1-4-14(5-2)8-6-7(11-3)12-9(10)13-8/h6H,4-5H2,1-3H3,(H3,10,11,12,13). The van der Waals surface area contributed by atoms with Gasteiger partial charge < -0.3 is 16.0 Å². The van der Waals surface area contributed by atoms with E-state index in [1.54, 1.807) is 0 Å². The molecular formula is C9H17N5. The first kappa shape index (κ1) is 10.6. The summed E-state index contributed by atoms with van der Waals surface area (Å²) in [5, 5.41) is 2.95. The van der Waals surface area contributed by atoms with Crippen molar-refractivity contribution in [2.45, 2.75) is 13.8 Å². The van der Waals surface area contributed by atoms with Crippen molar-refractivity contribution in [3.8, 4) is 0 Å². The summed E-state index contributed by atoms with van der Waals surface area (Å²) in [6, 6.07) is 1.89. The average molecular weight is 195 g/mol. The number of nitrogens with two attached hydrogens (primary N) is 1. The maximum atomic E-state index is 5.59. The minimum absolute atomic E-state index is 0.304. The predicted octanol–water partition coefficient (Wildman–Crippen LogP) is 0.947. The lowest BCUT2D eigenvalue weighted by atomic mass is 10.4. The third-order valence-corrected chi connectivity index (χ3v) is 2.07. The molecule has 5 nitrogen and oxygen atoms in total. The quantitative estimate of drug-likeness (QED) is 0.748. The molecule has 0 amide bonds. The van der Waals surface area contributed by atoms with Crippen molar-refractivity contribution in [2.24, 2.45) is 0 Å². The summed E-state index contributed by atoms with van der Waals surface area (Å²) in [6.45, 7) is 5.99. The van der Waals surface area contributed by atoms with Crippen molar-refractivity contribution in [1.29, 1.82) is 0 Å². The number of nitrogens with one attached hydrogen (secondary N) is 1. The molecule has 0 aliphatic heterocycles. The number of hydrogen-bond acceptors (Lipinski definition) is 5. The van der Waals surface area contributed by atoms with E-state index in [0.717, 1.165) is 24.7 Å². The maximum Gasteiger partial charge on any atom is 0.223 e. The Morgan fingerprint density at radius 1 is 1.36 bits per heavy atom. The van der Waals surface area contributed by atoms with Crippen LogP contribution in [0.1, 0.15) is 13.8 Å². The number of hydrogen-bond donors (Lipinski definition) is 2. The van der Waals surface area contributed by atoms with E-state index in [0.29, 0.717) is 5.95 Å². The molecular weight excluding hydrogens is 178 g/mol. The first-order chi connectivity index (χ1) is 6.71. The van der Waals surface area contributed by atoms with Gasteiger partial charge in [-0.2, -0.15) is 9.97 Å². The molecule has 14 heavy (non-hydrogen) atoms. The molecule has 0 aliphatic carbocycles. The lowest BCUT2D eigenvalue weighted by molar-refractivity contribution is 0.844. The number of anilines is 3. The van der Waals surface area contributed by atoms with Gasteiger partial charge in [-0.15, -0.1) is 0 Å². The Bertz CT molecular complexity index is 295. The first-order valence-corrected chi connectivity index (χ1v) is 4.78. The van der Waals surface area contributed by atoms with Gasteiger partial charge in [0.15, 0.2) is 0 Å². The number of rotatable bonds is 4. The van der Waals surface area contributed by atoms with Crippen LogP contribution < -0.4 is 16.0 Å². The molecule has 78 valence electrons. The molecule has 5 heteroatoms. The zero-order valence-electron chi connectivity index (χ0n) is 8.91. The molecule has 1 heterocycles. The lowest BCUT2D eigenvalue weighted by Gasteiger charge is -2.20. The second-order valence-corrected chi connectivity index (χ2v) is 2.89. The Morgan fingerprint density at radius 2 is 2.00 bits per heavy atom. The van der Waals surface area contributed by atoms with E-state index in [-0.39, 0.29) is 0 Å². The summed E-state index contributed by atoms with van der Waals surface area (Å²) in [5.74, 6) is 1.92. The van der Waals surface area contributed by atoms with E-state index in [9.17, 15) is 0 Å². The fraction of sp³-hybridized carbons (Fsp3) is 0.556. The van der Waals surface area contributed by atoms with Crippen molar-refractivity contribution in [2.75, 3.05) is 36.1 Å². The van der Waals surface area contributed by atoms with Crippen molar-refractivity contribution in [3.63, 3.8) is 0 Å². The molecule has 0 saturated carbocycles. The summed E-state index contributed by atoms with van der Waals surface area (Å²) in [6.07, 6.45) is 0. The first-order valence-electron chi connectivity index (χ1n) is 4.78. The van der Waals surface area contributed by atoms with Crippen LogP contribution in [0.5, 0.6) is 0 Å². The van der Waals surface area contributed by atoms with Crippen molar-refractivity contribution >= 4 is 17.6 Å². The average Bonchev–Trinajstić information content (AvgIpc) is 2.19. The number of nitrogen functional groups attached to an aromatic ring is 1. The SMILES string of the molecule is CCN(CC)c1cc(NC)nc(N)n1.